The highest BCUT2D eigenvalue weighted by Gasteiger charge is 2.53. The second-order valence-electron chi connectivity index (χ2n) is 7.79. The van der Waals surface area contributed by atoms with Crippen LogP contribution in [0.3, 0.4) is 0 Å². The lowest BCUT2D eigenvalue weighted by molar-refractivity contribution is -0.135. The molecule has 1 unspecified atom stereocenters. The molecule has 2 aromatic carbocycles. The van der Waals surface area contributed by atoms with Gasteiger partial charge in [-0.3, -0.25) is 14.5 Å². The van der Waals surface area contributed by atoms with E-state index in [1.807, 2.05) is 55.5 Å². The van der Waals surface area contributed by atoms with Crippen LogP contribution in [0.4, 0.5) is 4.79 Å². The molecule has 2 N–H and O–H groups in total. The molecule has 4 amide bonds. The van der Waals surface area contributed by atoms with E-state index >= 15 is 0 Å². The standard InChI is InChI=1S/C23H25N3O3/c1-16-8-2-3-11-18(16)14-24-20(27)15-26-21(28)23(25-22(26)29)13-7-6-10-17-9-4-5-12-19(17)23/h2-5,8-9,11-12H,6-7,10,13-15H2,1H3,(H,24,27)(H,25,29). The predicted octanol–water partition coefficient (Wildman–Crippen LogP) is 2.78. The fourth-order valence-electron chi connectivity index (χ4n) is 4.32. The SMILES string of the molecule is Cc1ccccc1CNC(=O)CN1C(=O)NC2(CCCCc3ccccc32)C1=O. The van der Waals surface area contributed by atoms with Gasteiger partial charge in [0.2, 0.25) is 5.91 Å². The van der Waals surface area contributed by atoms with Crippen molar-refractivity contribution in [1.29, 1.82) is 0 Å². The summed E-state index contributed by atoms with van der Waals surface area (Å²) in [5.41, 5.74) is 2.98. The molecule has 6 nitrogen and oxygen atoms in total. The fraction of sp³-hybridized carbons (Fsp3) is 0.348. The fourth-order valence-corrected chi connectivity index (χ4v) is 4.32. The molecule has 0 saturated carbocycles. The summed E-state index contributed by atoms with van der Waals surface area (Å²) in [6.45, 7) is 2.07. The molecule has 4 rings (SSSR count). The van der Waals surface area contributed by atoms with E-state index in [1.165, 1.54) is 0 Å². The summed E-state index contributed by atoms with van der Waals surface area (Å²) in [4.78, 5) is 39.5. The van der Waals surface area contributed by atoms with Gasteiger partial charge in [0.25, 0.3) is 5.91 Å². The van der Waals surface area contributed by atoms with Crippen LogP contribution in [0.1, 0.15) is 41.5 Å². The zero-order valence-corrected chi connectivity index (χ0v) is 16.5. The third kappa shape index (κ3) is 3.50. The molecule has 1 aliphatic heterocycles. The lowest BCUT2D eigenvalue weighted by Gasteiger charge is -2.27. The number of carbonyl (C=O) groups excluding carboxylic acids is 3. The zero-order valence-electron chi connectivity index (χ0n) is 16.5. The van der Waals surface area contributed by atoms with E-state index in [9.17, 15) is 14.4 Å². The van der Waals surface area contributed by atoms with E-state index in [4.69, 9.17) is 0 Å². The number of nitrogens with one attached hydrogen (secondary N) is 2. The number of imide groups is 1. The number of amides is 4. The third-order valence-electron chi connectivity index (χ3n) is 5.94. The summed E-state index contributed by atoms with van der Waals surface area (Å²) >= 11 is 0. The van der Waals surface area contributed by atoms with Crippen LogP contribution < -0.4 is 10.6 Å². The molecule has 0 bridgehead atoms. The lowest BCUT2D eigenvalue weighted by Crippen LogP contribution is -2.45. The first-order valence-electron chi connectivity index (χ1n) is 10.0. The Kier molecular flexibility index (Phi) is 5.09. The van der Waals surface area contributed by atoms with Crippen molar-refractivity contribution < 1.29 is 14.4 Å². The van der Waals surface area contributed by atoms with Gasteiger partial charge in [-0.2, -0.15) is 0 Å². The number of fused-ring (bicyclic) bond motifs is 2. The molecule has 29 heavy (non-hydrogen) atoms. The van der Waals surface area contributed by atoms with Gasteiger partial charge in [-0.1, -0.05) is 48.5 Å². The largest absolute Gasteiger partial charge is 0.350 e. The Morgan fingerprint density at radius 3 is 2.69 bits per heavy atom. The van der Waals surface area contributed by atoms with Gasteiger partial charge in [-0.25, -0.2) is 4.79 Å². The normalized spacial score (nSPS) is 20.9. The molecule has 1 aliphatic carbocycles. The summed E-state index contributed by atoms with van der Waals surface area (Å²) in [5.74, 6) is -0.682. The Labute approximate surface area is 170 Å². The summed E-state index contributed by atoms with van der Waals surface area (Å²) in [7, 11) is 0. The number of hydrogen-bond donors (Lipinski definition) is 2. The number of benzene rings is 2. The van der Waals surface area contributed by atoms with Crippen LogP contribution in [0, 0.1) is 6.92 Å². The summed E-state index contributed by atoms with van der Waals surface area (Å²) < 4.78 is 0. The minimum atomic E-state index is -1.06. The van der Waals surface area contributed by atoms with Crippen LogP contribution in [-0.4, -0.2) is 29.3 Å². The number of hydrogen-bond acceptors (Lipinski definition) is 3. The molecule has 2 aliphatic rings. The smallest absolute Gasteiger partial charge is 0.325 e. The quantitative estimate of drug-likeness (QED) is 0.787. The van der Waals surface area contributed by atoms with Crippen LogP contribution in [0.25, 0.3) is 0 Å². The number of rotatable bonds is 4. The van der Waals surface area contributed by atoms with E-state index in [1.54, 1.807) is 0 Å². The second kappa shape index (κ2) is 7.70. The lowest BCUT2D eigenvalue weighted by atomic mass is 9.84. The highest BCUT2D eigenvalue weighted by atomic mass is 16.2. The number of nitrogens with zero attached hydrogens (tertiary/aromatic N) is 1. The molecule has 1 heterocycles. The minimum Gasteiger partial charge on any atom is -0.350 e. The van der Waals surface area contributed by atoms with Crippen molar-refractivity contribution in [2.75, 3.05) is 6.54 Å². The second-order valence-corrected chi connectivity index (χ2v) is 7.79. The topological polar surface area (TPSA) is 78.5 Å². The summed E-state index contributed by atoms with van der Waals surface area (Å²) in [5, 5.41) is 5.73. The van der Waals surface area contributed by atoms with Crippen molar-refractivity contribution in [3.63, 3.8) is 0 Å². The zero-order chi connectivity index (χ0) is 20.4. The van der Waals surface area contributed by atoms with Gasteiger partial charge in [-0.05, 0) is 54.9 Å². The van der Waals surface area contributed by atoms with E-state index < -0.39 is 11.6 Å². The molecule has 0 aromatic heterocycles. The van der Waals surface area contributed by atoms with Crippen LogP contribution in [0.15, 0.2) is 48.5 Å². The van der Waals surface area contributed by atoms with Crippen molar-refractivity contribution in [1.82, 2.24) is 15.5 Å². The van der Waals surface area contributed by atoms with Gasteiger partial charge >= 0.3 is 6.03 Å². The third-order valence-corrected chi connectivity index (χ3v) is 5.94. The van der Waals surface area contributed by atoms with E-state index in [2.05, 4.69) is 10.6 Å². The van der Waals surface area contributed by atoms with Crippen molar-refractivity contribution in [2.24, 2.45) is 0 Å². The molecule has 1 saturated heterocycles. The molecule has 1 spiro atoms. The van der Waals surface area contributed by atoms with E-state index in [0.29, 0.717) is 13.0 Å². The Hall–Kier alpha value is -3.15. The monoisotopic (exact) mass is 391 g/mol. The van der Waals surface area contributed by atoms with Gasteiger partial charge in [0, 0.05) is 6.54 Å². The van der Waals surface area contributed by atoms with Crippen molar-refractivity contribution >= 4 is 17.8 Å². The molecule has 150 valence electrons. The first-order chi connectivity index (χ1) is 14.0. The van der Waals surface area contributed by atoms with E-state index in [0.717, 1.165) is 46.4 Å². The maximum absolute atomic E-state index is 13.3. The molecule has 6 heteroatoms. The molecule has 1 fully saturated rings. The number of carbonyl (C=O) groups is 3. The van der Waals surface area contributed by atoms with Crippen LogP contribution in [-0.2, 0) is 28.1 Å². The molecular weight excluding hydrogens is 366 g/mol. The van der Waals surface area contributed by atoms with Gasteiger partial charge in [0.1, 0.15) is 12.1 Å². The molecular formula is C23H25N3O3. The number of aryl methyl sites for hydroxylation is 2. The maximum Gasteiger partial charge on any atom is 0.325 e. The Morgan fingerprint density at radius 1 is 1.10 bits per heavy atom. The maximum atomic E-state index is 13.3. The van der Waals surface area contributed by atoms with Crippen LogP contribution in [0.2, 0.25) is 0 Å². The van der Waals surface area contributed by atoms with Crippen molar-refractivity contribution in [2.45, 2.75) is 44.7 Å². The van der Waals surface area contributed by atoms with Crippen molar-refractivity contribution in [3.8, 4) is 0 Å². The van der Waals surface area contributed by atoms with Gasteiger partial charge < -0.3 is 10.6 Å². The molecule has 2 aromatic rings. The summed E-state index contributed by atoms with van der Waals surface area (Å²) in [6, 6.07) is 15.1. The molecule has 0 radical (unpaired) electrons. The Morgan fingerprint density at radius 2 is 1.86 bits per heavy atom. The van der Waals surface area contributed by atoms with Gasteiger partial charge in [-0.15, -0.1) is 0 Å². The van der Waals surface area contributed by atoms with Gasteiger partial charge in [0.05, 0.1) is 0 Å². The average molecular weight is 391 g/mol. The van der Waals surface area contributed by atoms with E-state index in [-0.39, 0.29) is 18.4 Å². The number of urea groups is 1. The predicted molar refractivity (Wildman–Crippen MR) is 109 cm³/mol. The first kappa shape index (κ1) is 19.2. The summed E-state index contributed by atoms with van der Waals surface area (Å²) in [6.07, 6.45) is 3.25. The Balaban J connectivity index is 1.50. The first-order valence-corrected chi connectivity index (χ1v) is 10.0. The minimum absolute atomic E-state index is 0.277. The van der Waals surface area contributed by atoms with Crippen molar-refractivity contribution in [3.05, 3.63) is 70.8 Å². The van der Waals surface area contributed by atoms with Gasteiger partial charge in [0.15, 0.2) is 0 Å². The van der Waals surface area contributed by atoms with Crippen LogP contribution in [0.5, 0.6) is 0 Å². The highest BCUT2D eigenvalue weighted by molar-refractivity contribution is 6.09. The highest BCUT2D eigenvalue weighted by Crippen LogP contribution is 2.38. The molecule has 1 atom stereocenters. The van der Waals surface area contributed by atoms with Crippen LogP contribution >= 0.6 is 0 Å². The average Bonchev–Trinajstić information content (AvgIpc) is 2.86. The Bertz CT molecular complexity index is 971.